The van der Waals surface area contributed by atoms with Gasteiger partial charge in [0.2, 0.25) is 10.0 Å². The summed E-state index contributed by atoms with van der Waals surface area (Å²) in [4.78, 5) is 0.309. The molecular weight excluding hydrogens is 432 g/mol. The molecule has 0 N–H and O–H groups in total. The molecule has 7 heteroatoms. The molecule has 5 nitrogen and oxygen atoms in total. The third kappa shape index (κ3) is 4.34. The largest absolute Gasteiger partial charge is 0.491 e. The van der Waals surface area contributed by atoms with E-state index in [-0.39, 0.29) is 12.0 Å². The fraction of sp³-hybridized carbons (Fsp3) is 0.417. The number of aromatic nitrogens is 1. The Bertz CT molecular complexity index is 1170. The molecule has 2 aromatic carbocycles. The molecule has 1 aromatic heterocycles. The standard InChI is InChI=1S/C24H29ClN2O3S/c1-4-17(3)30-20-7-9-21(10-8-20)31(28,29)27-13-12-18(15-27)23-16-26(5-2)24-11-6-19(25)14-22(23)24/h6-11,14,16-18H,4-5,12-13,15H2,1-3H3/t17-,18?/m1/s1. The summed E-state index contributed by atoms with van der Waals surface area (Å²) in [7, 11) is -3.55. The van der Waals surface area contributed by atoms with Crippen LogP contribution >= 0.6 is 11.6 Å². The van der Waals surface area contributed by atoms with Crippen LogP contribution in [-0.4, -0.2) is 36.5 Å². The highest BCUT2D eigenvalue weighted by Crippen LogP contribution is 2.37. The third-order valence-electron chi connectivity index (χ3n) is 6.18. The quantitative estimate of drug-likeness (QED) is 0.456. The van der Waals surface area contributed by atoms with E-state index in [0.717, 1.165) is 30.3 Å². The molecule has 0 radical (unpaired) electrons. The van der Waals surface area contributed by atoms with Gasteiger partial charge in [-0.2, -0.15) is 4.31 Å². The molecule has 1 aliphatic heterocycles. The van der Waals surface area contributed by atoms with Crippen molar-refractivity contribution in [3.05, 3.63) is 59.2 Å². The number of hydrogen-bond donors (Lipinski definition) is 0. The minimum atomic E-state index is -3.55. The van der Waals surface area contributed by atoms with Crippen LogP contribution in [0.2, 0.25) is 5.02 Å². The lowest BCUT2D eigenvalue weighted by atomic mass is 9.98. The van der Waals surface area contributed by atoms with Gasteiger partial charge in [-0.25, -0.2) is 8.42 Å². The van der Waals surface area contributed by atoms with Crippen molar-refractivity contribution in [1.82, 2.24) is 8.87 Å². The molecule has 0 saturated carbocycles. The second-order valence-corrected chi connectivity index (χ2v) is 10.6. The van der Waals surface area contributed by atoms with E-state index in [4.69, 9.17) is 16.3 Å². The molecule has 0 spiro atoms. The summed E-state index contributed by atoms with van der Waals surface area (Å²) < 4.78 is 36.1. The number of sulfonamides is 1. The van der Waals surface area contributed by atoms with Crippen molar-refractivity contribution in [1.29, 1.82) is 0 Å². The Morgan fingerprint density at radius 1 is 1.16 bits per heavy atom. The number of rotatable bonds is 7. The van der Waals surface area contributed by atoms with Crippen molar-refractivity contribution in [2.45, 2.75) is 57.1 Å². The molecule has 0 bridgehead atoms. The monoisotopic (exact) mass is 460 g/mol. The van der Waals surface area contributed by atoms with Crippen LogP contribution < -0.4 is 4.74 Å². The van der Waals surface area contributed by atoms with Crippen LogP contribution in [0, 0.1) is 0 Å². The summed E-state index contributed by atoms with van der Waals surface area (Å²) in [6, 6.07) is 12.7. The minimum absolute atomic E-state index is 0.0977. The average Bonchev–Trinajstić information content (AvgIpc) is 3.39. The zero-order valence-corrected chi connectivity index (χ0v) is 19.8. The molecule has 1 fully saturated rings. The van der Waals surface area contributed by atoms with Gasteiger partial charge in [0.1, 0.15) is 5.75 Å². The topological polar surface area (TPSA) is 51.5 Å². The SMILES string of the molecule is CC[C@@H](C)Oc1ccc(S(=O)(=O)N2CCC(c3cn(CC)c4ccc(Cl)cc34)C2)cc1. The van der Waals surface area contributed by atoms with Crippen molar-refractivity contribution >= 4 is 32.5 Å². The Hall–Kier alpha value is -2.02. The van der Waals surface area contributed by atoms with Crippen molar-refractivity contribution < 1.29 is 13.2 Å². The number of hydrogen-bond acceptors (Lipinski definition) is 3. The summed E-state index contributed by atoms with van der Waals surface area (Å²) >= 11 is 6.26. The van der Waals surface area contributed by atoms with Gasteiger partial charge in [-0.3, -0.25) is 0 Å². The lowest BCUT2D eigenvalue weighted by Crippen LogP contribution is -2.28. The molecule has 1 saturated heterocycles. The normalized spacial score (nSPS) is 18.5. The number of fused-ring (bicyclic) bond motifs is 1. The smallest absolute Gasteiger partial charge is 0.243 e. The predicted octanol–water partition coefficient (Wildman–Crippen LogP) is 5.67. The van der Waals surface area contributed by atoms with Crippen LogP contribution in [0.25, 0.3) is 10.9 Å². The zero-order valence-electron chi connectivity index (χ0n) is 18.2. The minimum Gasteiger partial charge on any atom is -0.491 e. The van der Waals surface area contributed by atoms with E-state index in [9.17, 15) is 8.42 Å². The van der Waals surface area contributed by atoms with Crippen LogP contribution in [-0.2, 0) is 16.6 Å². The molecule has 0 aliphatic carbocycles. The lowest BCUT2D eigenvalue weighted by Gasteiger charge is -2.17. The average molecular weight is 461 g/mol. The number of benzene rings is 2. The number of halogens is 1. The maximum absolute atomic E-state index is 13.2. The van der Waals surface area contributed by atoms with Crippen LogP contribution in [0.3, 0.4) is 0 Å². The van der Waals surface area contributed by atoms with E-state index in [1.165, 1.54) is 5.56 Å². The molecule has 2 atom stereocenters. The van der Waals surface area contributed by atoms with Gasteiger partial charge in [0.25, 0.3) is 0 Å². The third-order valence-corrected chi connectivity index (χ3v) is 8.29. The fourth-order valence-electron chi connectivity index (χ4n) is 4.24. The van der Waals surface area contributed by atoms with E-state index in [0.29, 0.717) is 28.8 Å². The van der Waals surface area contributed by atoms with Gasteiger partial charge in [0.05, 0.1) is 11.0 Å². The van der Waals surface area contributed by atoms with E-state index in [1.54, 1.807) is 28.6 Å². The Morgan fingerprint density at radius 2 is 1.90 bits per heavy atom. The van der Waals surface area contributed by atoms with Crippen molar-refractivity contribution in [3.63, 3.8) is 0 Å². The first-order valence-electron chi connectivity index (χ1n) is 10.9. The highest BCUT2D eigenvalue weighted by atomic mass is 35.5. The Balaban J connectivity index is 1.56. The van der Waals surface area contributed by atoms with Crippen LogP contribution in [0.1, 0.15) is 45.1 Å². The maximum atomic E-state index is 13.2. The first-order valence-corrected chi connectivity index (χ1v) is 12.7. The summed E-state index contributed by atoms with van der Waals surface area (Å²) in [5, 5.41) is 1.81. The molecule has 0 amide bonds. The van der Waals surface area contributed by atoms with E-state index >= 15 is 0 Å². The van der Waals surface area contributed by atoms with Gasteiger partial charge >= 0.3 is 0 Å². The van der Waals surface area contributed by atoms with Crippen molar-refractivity contribution in [2.75, 3.05) is 13.1 Å². The number of ether oxygens (including phenoxy) is 1. The first kappa shape index (κ1) is 22.2. The first-order chi connectivity index (χ1) is 14.8. The van der Waals surface area contributed by atoms with Gasteiger partial charge in [-0.15, -0.1) is 0 Å². The lowest BCUT2D eigenvalue weighted by molar-refractivity contribution is 0.217. The molecule has 1 unspecified atom stereocenters. The molecule has 3 aromatic rings. The van der Waals surface area contributed by atoms with Crippen LogP contribution in [0.15, 0.2) is 53.6 Å². The summed E-state index contributed by atoms with van der Waals surface area (Å²) in [6.07, 6.45) is 3.95. The predicted molar refractivity (Wildman–Crippen MR) is 126 cm³/mol. The Labute approximate surface area is 189 Å². The second-order valence-electron chi connectivity index (χ2n) is 8.19. The van der Waals surface area contributed by atoms with Gasteiger partial charge < -0.3 is 9.30 Å². The van der Waals surface area contributed by atoms with Crippen LogP contribution in [0.4, 0.5) is 0 Å². The van der Waals surface area contributed by atoms with Gasteiger partial charge in [-0.1, -0.05) is 18.5 Å². The highest BCUT2D eigenvalue weighted by Gasteiger charge is 2.34. The van der Waals surface area contributed by atoms with Gasteiger partial charge in [-0.05, 0) is 74.7 Å². The highest BCUT2D eigenvalue weighted by molar-refractivity contribution is 7.89. The van der Waals surface area contributed by atoms with Crippen LogP contribution in [0.5, 0.6) is 5.75 Å². The van der Waals surface area contributed by atoms with Gasteiger partial charge in [0, 0.05) is 47.7 Å². The second kappa shape index (κ2) is 8.85. The van der Waals surface area contributed by atoms with E-state index in [1.807, 2.05) is 25.1 Å². The Morgan fingerprint density at radius 3 is 2.58 bits per heavy atom. The van der Waals surface area contributed by atoms with E-state index in [2.05, 4.69) is 24.6 Å². The summed E-state index contributed by atoms with van der Waals surface area (Å²) in [5.41, 5.74) is 2.31. The van der Waals surface area contributed by atoms with Gasteiger partial charge in [0.15, 0.2) is 0 Å². The molecule has 2 heterocycles. The Kier molecular flexibility index (Phi) is 6.33. The summed E-state index contributed by atoms with van der Waals surface area (Å²) in [6.45, 7) is 8.01. The van der Waals surface area contributed by atoms with E-state index < -0.39 is 10.0 Å². The molecule has 4 rings (SSSR count). The molecule has 1 aliphatic rings. The number of nitrogens with zero attached hydrogens (tertiary/aromatic N) is 2. The number of aryl methyl sites for hydroxylation is 1. The molecule has 166 valence electrons. The molecular formula is C24H29ClN2O3S. The zero-order chi connectivity index (χ0) is 22.2. The fourth-order valence-corrected chi connectivity index (χ4v) is 5.91. The molecule has 31 heavy (non-hydrogen) atoms. The van der Waals surface area contributed by atoms with Crippen molar-refractivity contribution in [2.24, 2.45) is 0 Å². The maximum Gasteiger partial charge on any atom is 0.243 e. The summed E-state index contributed by atoms with van der Waals surface area (Å²) in [5.74, 6) is 0.841. The van der Waals surface area contributed by atoms with Crippen molar-refractivity contribution in [3.8, 4) is 5.75 Å².